The zero-order valence-electron chi connectivity index (χ0n) is 17.6. The van der Waals surface area contributed by atoms with Crippen LogP contribution in [-0.2, 0) is 25.6 Å². The maximum absolute atomic E-state index is 12.0. The summed E-state index contributed by atoms with van der Waals surface area (Å²) >= 11 is 0. The number of furan rings is 1. The van der Waals surface area contributed by atoms with E-state index < -0.39 is 12.1 Å². The third-order valence-corrected chi connectivity index (χ3v) is 5.31. The molecule has 2 aliphatic rings. The van der Waals surface area contributed by atoms with Crippen molar-refractivity contribution in [3.05, 3.63) is 23.7 Å². The molecule has 2 N–H and O–H groups in total. The van der Waals surface area contributed by atoms with Crippen molar-refractivity contribution in [1.82, 2.24) is 10.2 Å². The van der Waals surface area contributed by atoms with Crippen molar-refractivity contribution in [2.24, 2.45) is 11.8 Å². The molecular weight excluding hydrogens is 421 g/mol. The monoisotopic (exact) mass is 450 g/mol. The first kappa shape index (κ1) is 25.2. The fraction of sp³-hybridized carbons (Fsp3) is 0.700. The second-order valence-electron chi connectivity index (χ2n) is 7.68. The van der Waals surface area contributed by atoms with E-state index in [4.69, 9.17) is 23.8 Å². The van der Waals surface area contributed by atoms with Crippen LogP contribution in [-0.4, -0.2) is 74.1 Å². The van der Waals surface area contributed by atoms with Gasteiger partial charge in [-0.1, -0.05) is 0 Å². The summed E-state index contributed by atoms with van der Waals surface area (Å²) in [6.45, 7) is 6.76. The van der Waals surface area contributed by atoms with Crippen LogP contribution in [0.5, 0.6) is 0 Å². The summed E-state index contributed by atoms with van der Waals surface area (Å²) in [5.41, 5.74) is 0. The number of carbonyl (C=O) groups is 2. The first-order valence-electron chi connectivity index (χ1n) is 10.0. The second-order valence-corrected chi connectivity index (χ2v) is 7.68. The molecule has 0 aliphatic carbocycles. The number of aryl methyl sites for hydroxylation is 1. The van der Waals surface area contributed by atoms with Crippen molar-refractivity contribution >= 4 is 11.9 Å². The van der Waals surface area contributed by atoms with Gasteiger partial charge in [0.2, 0.25) is 5.91 Å². The molecule has 0 saturated carbocycles. The Morgan fingerprint density at radius 3 is 2.65 bits per heavy atom. The summed E-state index contributed by atoms with van der Waals surface area (Å²) in [6, 6.07) is 4.07. The van der Waals surface area contributed by atoms with Crippen LogP contribution in [0.3, 0.4) is 0 Å². The van der Waals surface area contributed by atoms with Gasteiger partial charge in [-0.15, -0.1) is 0 Å². The number of alkyl halides is 3. The van der Waals surface area contributed by atoms with E-state index in [1.165, 1.54) is 0 Å². The second kappa shape index (κ2) is 11.5. The average Bonchev–Trinajstić information content (AvgIpc) is 3.27. The molecule has 2 fully saturated rings. The number of rotatable bonds is 7. The van der Waals surface area contributed by atoms with E-state index in [9.17, 15) is 18.0 Å². The average molecular weight is 450 g/mol. The van der Waals surface area contributed by atoms with Crippen molar-refractivity contribution in [3.8, 4) is 0 Å². The number of aliphatic carboxylic acids is 1. The van der Waals surface area contributed by atoms with Crippen LogP contribution in [0.15, 0.2) is 16.5 Å². The molecule has 3 rings (SSSR count). The van der Waals surface area contributed by atoms with Crippen LogP contribution in [0.2, 0.25) is 0 Å². The Balaban J connectivity index is 0.000000423. The minimum absolute atomic E-state index is 0.0607. The van der Waals surface area contributed by atoms with Gasteiger partial charge in [0.25, 0.3) is 0 Å². The maximum Gasteiger partial charge on any atom is 0.490 e. The van der Waals surface area contributed by atoms with Crippen molar-refractivity contribution in [1.29, 1.82) is 0 Å². The molecular formula is C20H29F3N2O6. The van der Waals surface area contributed by atoms with E-state index >= 15 is 0 Å². The van der Waals surface area contributed by atoms with Gasteiger partial charge < -0.3 is 24.3 Å². The number of carbonyl (C=O) groups excluding carboxylic acids is 1. The number of nitrogens with one attached hydrogen (secondary N) is 1. The minimum atomic E-state index is -5.08. The van der Waals surface area contributed by atoms with Crippen LogP contribution in [0.1, 0.15) is 24.4 Å². The van der Waals surface area contributed by atoms with Crippen molar-refractivity contribution in [2.45, 2.75) is 38.6 Å². The number of methoxy groups -OCH3 is 1. The number of carboxylic acid groups (broad SMARTS) is 1. The number of amides is 1. The Morgan fingerprint density at radius 2 is 2.06 bits per heavy atom. The van der Waals surface area contributed by atoms with E-state index in [2.05, 4.69) is 16.3 Å². The molecule has 11 heteroatoms. The first-order valence-corrected chi connectivity index (χ1v) is 10.0. The van der Waals surface area contributed by atoms with E-state index in [0.29, 0.717) is 31.4 Å². The van der Waals surface area contributed by atoms with E-state index in [0.717, 1.165) is 44.2 Å². The molecule has 3 atom stereocenters. The van der Waals surface area contributed by atoms with Crippen LogP contribution in [0, 0.1) is 18.8 Å². The van der Waals surface area contributed by atoms with Gasteiger partial charge in [0.15, 0.2) is 0 Å². The molecule has 8 nitrogen and oxygen atoms in total. The summed E-state index contributed by atoms with van der Waals surface area (Å²) in [5.74, 6) is 0.306. The van der Waals surface area contributed by atoms with Crippen molar-refractivity contribution in [2.75, 3.05) is 40.0 Å². The standard InChI is InChI=1S/C18H28N2O4.C2HF3O2/c1-13-3-4-15(24-13)11-20-7-5-16-14(10-20)12-23-17(16)9-18(21)19-6-8-22-2;3-2(4,5)1(6)7/h3-4,14,16-17H,5-12H2,1-2H3,(H,19,21);(H,6,7)/t14-,16-,17-;/m1./s1. The van der Waals surface area contributed by atoms with Crippen LogP contribution in [0.4, 0.5) is 13.2 Å². The molecule has 2 saturated heterocycles. The highest BCUT2D eigenvalue weighted by Crippen LogP contribution is 2.36. The summed E-state index contributed by atoms with van der Waals surface area (Å²) in [7, 11) is 1.63. The van der Waals surface area contributed by atoms with Crippen LogP contribution >= 0.6 is 0 Å². The quantitative estimate of drug-likeness (QED) is 0.615. The molecule has 0 aromatic carbocycles. The molecule has 1 aromatic rings. The number of hydrogen-bond acceptors (Lipinski definition) is 6. The van der Waals surface area contributed by atoms with E-state index in [1.54, 1.807) is 7.11 Å². The number of nitrogens with zero attached hydrogens (tertiary/aromatic N) is 1. The van der Waals surface area contributed by atoms with Gasteiger partial charge in [0, 0.05) is 26.1 Å². The number of carboxylic acids is 1. The summed E-state index contributed by atoms with van der Waals surface area (Å²) in [6.07, 6.45) is -3.48. The van der Waals surface area contributed by atoms with Crippen LogP contribution in [0.25, 0.3) is 0 Å². The smallest absolute Gasteiger partial charge is 0.475 e. The summed E-state index contributed by atoms with van der Waals surface area (Å²) < 4.78 is 48.3. The Labute approximate surface area is 178 Å². The Kier molecular flexibility index (Phi) is 9.32. The molecule has 0 unspecified atom stereocenters. The minimum Gasteiger partial charge on any atom is -0.475 e. The van der Waals surface area contributed by atoms with Gasteiger partial charge in [0.1, 0.15) is 11.5 Å². The number of halogens is 3. The summed E-state index contributed by atoms with van der Waals surface area (Å²) in [4.78, 5) is 23.3. The Bertz CT molecular complexity index is 724. The Hall–Kier alpha value is -2.11. The van der Waals surface area contributed by atoms with Gasteiger partial charge in [-0.2, -0.15) is 13.2 Å². The van der Waals surface area contributed by atoms with Gasteiger partial charge >= 0.3 is 12.1 Å². The fourth-order valence-corrected chi connectivity index (χ4v) is 3.85. The highest BCUT2D eigenvalue weighted by molar-refractivity contribution is 5.76. The zero-order valence-corrected chi connectivity index (χ0v) is 17.6. The molecule has 3 heterocycles. The number of fused-ring (bicyclic) bond motifs is 1. The van der Waals surface area contributed by atoms with Gasteiger partial charge in [-0.25, -0.2) is 4.79 Å². The predicted molar refractivity (Wildman–Crippen MR) is 103 cm³/mol. The van der Waals surface area contributed by atoms with Crippen LogP contribution < -0.4 is 5.32 Å². The Morgan fingerprint density at radius 1 is 1.35 bits per heavy atom. The van der Waals surface area contributed by atoms with Crippen molar-refractivity contribution in [3.63, 3.8) is 0 Å². The van der Waals surface area contributed by atoms with E-state index in [1.807, 2.05) is 13.0 Å². The SMILES string of the molecule is COCCNC(=O)C[C@H]1OC[C@H]2CN(Cc3ccc(C)o3)CC[C@H]21.O=C(O)C(F)(F)F. The third kappa shape index (κ3) is 8.15. The molecule has 2 aliphatic heterocycles. The largest absolute Gasteiger partial charge is 0.490 e. The van der Waals surface area contributed by atoms with Gasteiger partial charge in [0.05, 0.1) is 32.3 Å². The lowest BCUT2D eigenvalue weighted by Crippen LogP contribution is -2.42. The lowest BCUT2D eigenvalue weighted by Gasteiger charge is -2.35. The third-order valence-electron chi connectivity index (χ3n) is 5.31. The maximum atomic E-state index is 12.0. The highest BCUT2D eigenvalue weighted by Gasteiger charge is 2.41. The number of likely N-dealkylation sites (tertiary alicyclic amines) is 1. The van der Waals surface area contributed by atoms with Gasteiger partial charge in [-0.05, 0) is 37.9 Å². The fourth-order valence-electron chi connectivity index (χ4n) is 3.85. The van der Waals surface area contributed by atoms with E-state index in [-0.39, 0.29) is 12.0 Å². The molecule has 1 aromatic heterocycles. The summed E-state index contributed by atoms with van der Waals surface area (Å²) in [5, 5.41) is 10.0. The highest BCUT2D eigenvalue weighted by atomic mass is 19.4. The van der Waals surface area contributed by atoms with Gasteiger partial charge in [-0.3, -0.25) is 9.69 Å². The normalized spacial score (nSPS) is 23.6. The first-order chi connectivity index (χ1) is 14.6. The number of hydrogen-bond donors (Lipinski definition) is 2. The zero-order chi connectivity index (χ0) is 23.0. The molecule has 31 heavy (non-hydrogen) atoms. The lowest BCUT2D eigenvalue weighted by atomic mass is 9.83. The molecule has 176 valence electrons. The number of piperidine rings is 1. The topological polar surface area (TPSA) is 101 Å². The number of ether oxygens (including phenoxy) is 2. The molecule has 0 bridgehead atoms. The molecule has 0 spiro atoms. The predicted octanol–water partition coefficient (Wildman–Crippen LogP) is 2.21. The lowest BCUT2D eigenvalue weighted by molar-refractivity contribution is -0.192. The molecule has 1 amide bonds. The molecule has 0 radical (unpaired) electrons. The van der Waals surface area contributed by atoms with Crippen molar-refractivity contribution < 1.29 is 41.8 Å².